The molecule has 25 heteroatoms. The molecule has 392 valence electrons. The maximum atomic E-state index is 14.0. The Labute approximate surface area is 411 Å². The summed E-state index contributed by atoms with van der Waals surface area (Å²) < 4.78 is 0. The Balaban J connectivity index is 1.85. The Morgan fingerprint density at radius 2 is 1.34 bits per heavy atom. The van der Waals surface area contributed by atoms with Gasteiger partial charge in [0.2, 0.25) is 70.9 Å². The Bertz CT molecular complexity index is 2080. The standard InChI is InChI=1S/C46H70N12O13/c1-3-25(2)39-46(71)54-29(16-17-33(47)60)42(67)55-31(22-34(48)61)43(68)56-32(23-51-36(63)18-19-38(65)53-30(44(69)58-39)21-26-12-14-28(59)15-13-26)41(66)50-20-8-7-11-37(64)57-40(27-9-5-4-6-10-27)45(70)52-24-35(49)62/h12-15,25,27,29-32,39-40,59H,3-11,16-24H2,1-2H3,(H2,47,60)(H2,48,61)(H2,49,62)(H,50,66)(H,51,63)(H,52,70)(H,53,65)(H,54,71)(H,55,67)(H,56,68)(H,57,64)(H,58,69)/t25-,29-,30-,31-,32-,39-,40-/m0/s1. The zero-order valence-electron chi connectivity index (χ0n) is 40.2. The van der Waals surface area contributed by atoms with Crippen LogP contribution in [0, 0.1) is 11.8 Å². The molecule has 1 aromatic rings. The molecule has 2 aliphatic rings. The van der Waals surface area contributed by atoms with Gasteiger partial charge >= 0.3 is 0 Å². The van der Waals surface area contributed by atoms with Crippen LogP contribution in [0.4, 0.5) is 0 Å². The number of benzene rings is 1. The lowest BCUT2D eigenvalue weighted by Crippen LogP contribution is -2.61. The normalized spacial score (nSPS) is 22.0. The number of phenolic OH excluding ortho intramolecular Hbond substituents is 1. The van der Waals surface area contributed by atoms with Gasteiger partial charge in [0, 0.05) is 45.2 Å². The first-order valence-electron chi connectivity index (χ1n) is 23.9. The molecule has 12 amide bonds. The Morgan fingerprint density at radius 3 is 1.97 bits per heavy atom. The van der Waals surface area contributed by atoms with E-state index in [1.165, 1.54) is 24.3 Å². The number of nitrogens with two attached hydrogens (primary N) is 3. The molecule has 7 atom stereocenters. The smallest absolute Gasteiger partial charge is 0.244 e. The third-order valence-corrected chi connectivity index (χ3v) is 12.2. The highest BCUT2D eigenvalue weighted by atomic mass is 16.3. The molecule has 1 heterocycles. The molecule has 0 aromatic heterocycles. The number of carbonyl (C=O) groups excluding carboxylic acids is 12. The monoisotopic (exact) mass is 999 g/mol. The fourth-order valence-corrected chi connectivity index (χ4v) is 7.95. The lowest BCUT2D eigenvalue weighted by atomic mass is 9.83. The lowest BCUT2D eigenvalue weighted by Gasteiger charge is -2.30. The van der Waals surface area contributed by atoms with Crippen LogP contribution in [-0.2, 0) is 64.0 Å². The fourth-order valence-electron chi connectivity index (χ4n) is 7.95. The van der Waals surface area contributed by atoms with E-state index in [9.17, 15) is 62.6 Å². The van der Waals surface area contributed by atoms with Gasteiger partial charge in [-0.2, -0.15) is 0 Å². The summed E-state index contributed by atoms with van der Waals surface area (Å²) in [6.07, 6.45) is 2.26. The van der Waals surface area contributed by atoms with E-state index in [1.807, 2.05) is 0 Å². The van der Waals surface area contributed by atoms with Crippen LogP contribution in [0.2, 0.25) is 0 Å². The van der Waals surface area contributed by atoms with Crippen molar-refractivity contribution in [1.82, 2.24) is 47.9 Å². The summed E-state index contributed by atoms with van der Waals surface area (Å²) in [7, 11) is 0. The lowest BCUT2D eigenvalue weighted by molar-refractivity contribution is -0.136. The number of unbranched alkanes of at least 4 members (excludes halogenated alkanes) is 1. The van der Waals surface area contributed by atoms with Crippen LogP contribution in [0.3, 0.4) is 0 Å². The van der Waals surface area contributed by atoms with Crippen LogP contribution in [0.15, 0.2) is 24.3 Å². The quantitative estimate of drug-likeness (QED) is 0.0563. The zero-order chi connectivity index (χ0) is 52.6. The van der Waals surface area contributed by atoms with Gasteiger partial charge in [-0.1, -0.05) is 51.7 Å². The highest BCUT2D eigenvalue weighted by Gasteiger charge is 2.36. The number of rotatable bonds is 20. The highest BCUT2D eigenvalue weighted by Crippen LogP contribution is 2.27. The van der Waals surface area contributed by atoms with Crippen LogP contribution in [0.25, 0.3) is 0 Å². The first-order chi connectivity index (χ1) is 33.7. The van der Waals surface area contributed by atoms with Crippen molar-refractivity contribution in [3.05, 3.63) is 29.8 Å². The third-order valence-electron chi connectivity index (χ3n) is 12.2. The van der Waals surface area contributed by atoms with Crippen LogP contribution >= 0.6 is 0 Å². The molecule has 0 radical (unpaired) electrons. The van der Waals surface area contributed by atoms with Gasteiger partial charge in [0.15, 0.2) is 0 Å². The summed E-state index contributed by atoms with van der Waals surface area (Å²) in [6, 6.07) is -2.67. The topological polar surface area (TPSA) is 411 Å². The second-order valence-corrected chi connectivity index (χ2v) is 17.9. The second kappa shape index (κ2) is 29.6. The van der Waals surface area contributed by atoms with Crippen LogP contribution in [-0.4, -0.2) is 132 Å². The molecule has 71 heavy (non-hydrogen) atoms. The van der Waals surface area contributed by atoms with Crippen molar-refractivity contribution in [1.29, 1.82) is 0 Å². The first-order valence-corrected chi connectivity index (χ1v) is 23.9. The number of amides is 12. The number of phenols is 1. The molecule has 16 N–H and O–H groups in total. The average molecular weight is 999 g/mol. The first kappa shape index (κ1) is 58.0. The van der Waals surface area contributed by atoms with Crippen LogP contribution in [0.5, 0.6) is 5.75 Å². The highest BCUT2D eigenvalue weighted by molar-refractivity contribution is 5.98. The molecule has 2 fully saturated rings. The molecule has 0 spiro atoms. The van der Waals surface area contributed by atoms with Gasteiger partial charge in [-0.05, 0) is 61.6 Å². The summed E-state index contributed by atoms with van der Waals surface area (Å²) in [5.74, 6) is -10.6. The minimum atomic E-state index is -1.77. The number of carbonyl (C=O) groups is 12. The molecule has 1 aliphatic heterocycles. The van der Waals surface area contributed by atoms with Crippen molar-refractivity contribution < 1.29 is 62.6 Å². The Hall–Kier alpha value is -7.34. The summed E-state index contributed by atoms with van der Waals surface area (Å²) in [6.45, 7) is 2.37. The second-order valence-electron chi connectivity index (χ2n) is 17.9. The van der Waals surface area contributed by atoms with Gasteiger partial charge in [-0.15, -0.1) is 0 Å². The molecule has 3 rings (SSSR count). The van der Waals surface area contributed by atoms with E-state index in [-0.39, 0.29) is 50.4 Å². The van der Waals surface area contributed by atoms with E-state index in [2.05, 4.69) is 47.9 Å². The van der Waals surface area contributed by atoms with Gasteiger partial charge in [0.05, 0.1) is 13.0 Å². The number of hydrogen-bond acceptors (Lipinski definition) is 13. The maximum Gasteiger partial charge on any atom is 0.244 e. The molecule has 25 nitrogen and oxygen atoms in total. The van der Waals surface area contributed by atoms with Gasteiger partial charge in [-0.25, -0.2) is 0 Å². The summed E-state index contributed by atoms with van der Waals surface area (Å²) in [5.41, 5.74) is 16.5. The largest absolute Gasteiger partial charge is 0.508 e. The van der Waals surface area contributed by atoms with Crippen molar-refractivity contribution in [2.24, 2.45) is 29.0 Å². The van der Waals surface area contributed by atoms with Crippen LogP contribution < -0.4 is 65.1 Å². The predicted octanol–water partition coefficient (Wildman–Crippen LogP) is -3.59. The molecular formula is C46H70N12O13. The summed E-state index contributed by atoms with van der Waals surface area (Å²) in [4.78, 5) is 157. The SMILES string of the molecule is CC[C@H](C)[C@@H]1NC(=O)[C@H](Cc2ccc(O)cc2)NC(=O)CCC(=O)NC[C@@H](C(=O)NCCCCC(=O)N[C@H](C(=O)NCC(N)=O)C2CCCCC2)NC(=O)[C@H](CC(N)=O)NC(=O)[C@H](CCC(N)=O)NC1=O. The Kier molecular flexibility index (Phi) is 24.2. The van der Waals surface area contributed by atoms with E-state index in [1.54, 1.807) is 13.8 Å². The number of primary amides is 3. The molecule has 1 saturated carbocycles. The minimum absolute atomic E-state index is 0.0398. The van der Waals surface area contributed by atoms with Crippen molar-refractivity contribution >= 4 is 70.9 Å². The minimum Gasteiger partial charge on any atom is -0.508 e. The van der Waals surface area contributed by atoms with Gasteiger partial charge in [0.25, 0.3) is 0 Å². The van der Waals surface area contributed by atoms with E-state index in [4.69, 9.17) is 17.2 Å². The predicted molar refractivity (Wildman–Crippen MR) is 253 cm³/mol. The van der Waals surface area contributed by atoms with E-state index in [0.717, 1.165) is 19.3 Å². The molecule has 1 aliphatic carbocycles. The van der Waals surface area contributed by atoms with E-state index >= 15 is 0 Å². The van der Waals surface area contributed by atoms with Crippen molar-refractivity contribution in [3.63, 3.8) is 0 Å². The van der Waals surface area contributed by atoms with Crippen molar-refractivity contribution in [2.75, 3.05) is 19.6 Å². The van der Waals surface area contributed by atoms with Crippen molar-refractivity contribution in [2.45, 2.75) is 146 Å². The van der Waals surface area contributed by atoms with Crippen molar-refractivity contribution in [3.8, 4) is 5.75 Å². The molecule has 0 unspecified atom stereocenters. The van der Waals surface area contributed by atoms with E-state index in [0.29, 0.717) is 24.8 Å². The van der Waals surface area contributed by atoms with Gasteiger partial charge in [0.1, 0.15) is 42.0 Å². The Morgan fingerprint density at radius 1 is 0.704 bits per heavy atom. The maximum absolute atomic E-state index is 14.0. The van der Waals surface area contributed by atoms with Gasteiger partial charge < -0.3 is 70.2 Å². The number of aromatic hydroxyl groups is 1. The molecule has 1 aromatic carbocycles. The average Bonchev–Trinajstić information content (AvgIpc) is 3.32. The molecular weight excluding hydrogens is 929 g/mol. The summed E-state index contributed by atoms with van der Waals surface area (Å²) in [5, 5.41) is 32.6. The zero-order valence-corrected chi connectivity index (χ0v) is 40.2. The summed E-state index contributed by atoms with van der Waals surface area (Å²) >= 11 is 0. The molecule has 1 saturated heterocycles. The number of nitrogens with one attached hydrogen (secondary N) is 9. The molecule has 0 bridgehead atoms. The third kappa shape index (κ3) is 21.0. The fraction of sp³-hybridized carbons (Fsp3) is 0.609. The van der Waals surface area contributed by atoms with E-state index < -0.39 is 152 Å². The number of hydrogen-bond donors (Lipinski definition) is 13. The van der Waals surface area contributed by atoms with Gasteiger partial charge in [-0.3, -0.25) is 57.5 Å². The van der Waals surface area contributed by atoms with Crippen LogP contribution in [0.1, 0.15) is 109 Å².